The maximum Gasteiger partial charge on any atom is 0.407 e. The fourth-order valence-corrected chi connectivity index (χ4v) is 2.49. The summed E-state index contributed by atoms with van der Waals surface area (Å²) in [6, 6.07) is 0.356. The predicted octanol–water partition coefficient (Wildman–Crippen LogP) is 3.09. The van der Waals surface area contributed by atoms with Crippen molar-refractivity contribution in [3.05, 3.63) is 0 Å². The number of alkyl carbamates (subject to hydrolysis) is 1. The molecule has 0 radical (unpaired) electrons. The molecule has 0 heterocycles. The van der Waals surface area contributed by atoms with Gasteiger partial charge in [0.05, 0.1) is 6.61 Å². The molecule has 0 bridgehead atoms. The molecule has 1 aliphatic carbocycles. The van der Waals surface area contributed by atoms with Gasteiger partial charge in [0.25, 0.3) is 0 Å². The smallest absolute Gasteiger partial charge is 0.407 e. The van der Waals surface area contributed by atoms with Crippen LogP contribution in [0.25, 0.3) is 0 Å². The van der Waals surface area contributed by atoms with Gasteiger partial charge in [-0.25, -0.2) is 4.79 Å². The molecule has 22 heavy (non-hydrogen) atoms. The molecule has 5 heteroatoms. The minimum Gasteiger partial charge on any atom is -0.444 e. The Balaban J connectivity index is 2.17. The van der Waals surface area contributed by atoms with Crippen LogP contribution < -0.4 is 10.6 Å². The predicted molar refractivity (Wildman–Crippen MR) is 89.1 cm³/mol. The summed E-state index contributed by atoms with van der Waals surface area (Å²) in [4.78, 5) is 11.6. The first-order valence-electron chi connectivity index (χ1n) is 8.49. The Morgan fingerprint density at radius 1 is 1.32 bits per heavy atom. The second-order valence-electron chi connectivity index (χ2n) is 7.46. The third-order valence-electron chi connectivity index (χ3n) is 4.24. The summed E-state index contributed by atoms with van der Waals surface area (Å²) < 4.78 is 10.5. The Morgan fingerprint density at radius 3 is 2.50 bits per heavy atom. The Bertz CT molecular complexity index is 335. The quantitative estimate of drug-likeness (QED) is 0.608. The Kier molecular flexibility index (Phi) is 7.63. The highest BCUT2D eigenvalue weighted by Crippen LogP contribution is 2.47. The molecule has 1 saturated carbocycles. The Hall–Kier alpha value is -0.810. The molecule has 0 aromatic rings. The van der Waals surface area contributed by atoms with Crippen LogP contribution in [0.2, 0.25) is 0 Å². The number of carbonyl (C=O) groups excluding carboxylic acids is 1. The Morgan fingerprint density at radius 2 is 2.00 bits per heavy atom. The van der Waals surface area contributed by atoms with Gasteiger partial charge in [-0.3, -0.25) is 0 Å². The van der Waals surface area contributed by atoms with E-state index in [1.165, 1.54) is 19.3 Å². The van der Waals surface area contributed by atoms with Gasteiger partial charge in [0.1, 0.15) is 5.60 Å². The van der Waals surface area contributed by atoms with Gasteiger partial charge in [0, 0.05) is 26.2 Å². The molecule has 1 atom stereocenters. The van der Waals surface area contributed by atoms with Crippen molar-refractivity contribution in [1.82, 2.24) is 10.6 Å². The van der Waals surface area contributed by atoms with E-state index in [4.69, 9.17) is 9.47 Å². The molecule has 1 fully saturated rings. The second kappa shape index (κ2) is 8.73. The van der Waals surface area contributed by atoms with Crippen molar-refractivity contribution in [2.75, 3.05) is 26.8 Å². The van der Waals surface area contributed by atoms with Gasteiger partial charge in [0.15, 0.2) is 0 Å². The molecule has 130 valence electrons. The van der Waals surface area contributed by atoms with Crippen molar-refractivity contribution in [3.63, 3.8) is 0 Å². The highest BCUT2D eigenvalue weighted by Gasteiger charge is 2.40. The summed E-state index contributed by atoms with van der Waals surface area (Å²) in [6.45, 7) is 10.3. The van der Waals surface area contributed by atoms with E-state index in [1.54, 1.807) is 7.11 Å². The second-order valence-corrected chi connectivity index (χ2v) is 7.46. The monoisotopic (exact) mass is 314 g/mol. The fourth-order valence-electron chi connectivity index (χ4n) is 2.49. The van der Waals surface area contributed by atoms with Crippen LogP contribution in [0.4, 0.5) is 4.79 Å². The van der Waals surface area contributed by atoms with E-state index in [-0.39, 0.29) is 6.09 Å². The molecule has 0 saturated heterocycles. The van der Waals surface area contributed by atoms with Crippen LogP contribution >= 0.6 is 0 Å². The van der Waals surface area contributed by atoms with Crippen LogP contribution in [0.5, 0.6) is 0 Å². The molecule has 0 spiro atoms. The molecule has 0 aromatic heterocycles. The van der Waals surface area contributed by atoms with Gasteiger partial charge in [0.2, 0.25) is 0 Å². The van der Waals surface area contributed by atoms with Crippen LogP contribution in [0.1, 0.15) is 59.8 Å². The average Bonchev–Trinajstić information content (AvgIpc) is 3.19. The normalized spacial score (nSPS) is 17.9. The summed E-state index contributed by atoms with van der Waals surface area (Å²) >= 11 is 0. The number of rotatable bonds is 10. The third kappa shape index (κ3) is 7.99. The van der Waals surface area contributed by atoms with Gasteiger partial charge < -0.3 is 20.1 Å². The first kappa shape index (κ1) is 19.2. The first-order valence-corrected chi connectivity index (χ1v) is 8.49. The lowest BCUT2D eigenvalue weighted by Crippen LogP contribution is -2.38. The molecule has 0 aromatic carbocycles. The number of methoxy groups -OCH3 is 1. The van der Waals surface area contributed by atoms with Crippen molar-refractivity contribution in [1.29, 1.82) is 0 Å². The van der Waals surface area contributed by atoms with Crippen LogP contribution in [0, 0.1) is 5.41 Å². The van der Waals surface area contributed by atoms with Gasteiger partial charge in [-0.1, -0.05) is 6.92 Å². The number of hydrogen-bond donors (Lipinski definition) is 2. The van der Waals surface area contributed by atoms with E-state index < -0.39 is 5.60 Å². The van der Waals surface area contributed by atoms with E-state index in [0.717, 1.165) is 19.4 Å². The molecular weight excluding hydrogens is 280 g/mol. The molecule has 5 nitrogen and oxygen atoms in total. The van der Waals surface area contributed by atoms with Gasteiger partial charge in [-0.2, -0.15) is 0 Å². The minimum absolute atomic E-state index is 0.341. The maximum absolute atomic E-state index is 11.6. The molecule has 1 amide bonds. The number of amides is 1. The molecule has 1 rings (SSSR count). The highest BCUT2D eigenvalue weighted by molar-refractivity contribution is 5.67. The Labute approximate surface area is 135 Å². The average molecular weight is 314 g/mol. The first-order chi connectivity index (χ1) is 10.3. The van der Waals surface area contributed by atoms with Crippen molar-refractivity contribution in [2.45, 2.75) is 71.4 Å². The van der Waals surface area contributed by atoms with Crippen LogP contribution in [0.3, 0.4) is 0 Å². The zero-order valence-electron chi connectivity index (χ0n) is 15.0. The van der Waals surface area contributed by atoms with Gasteiger partial charge in [-0.15, -0.1) is 0 Å². The molecule has 1 aliphatic rings. The summed E-state index contributed by atoms with van der Waals surface area (Å²) in [7, 11) is 1.74. The minimum atomic E-state index is -0.442. The lowest BCUT2D eigenvalue weighted by molar-refractivity contribution is 0.0526. The van der Waals surface area contributed by atoms with E-state index in [0.29, 0.717) is 24.6 Å². The largest absolute Gasteiger partial charge is 0.444 e. The summed E-state index contributed by atoms with van der Waals surface area (Å²) in [5.74, 6) is 0. The van der Waals surface area contributed by atoms with Gasteiger partial charge in [-0.05, 0) is 58.3 Å². The molecule has 1 unspecified atom stereocenters. The van der Waals surface area contributed by atoms with Crippen LogP contribution in [0.15, 0.2) is 0 Å². The number of hydrogen-bond acceptors (Lipinski definition) is 4. The summed E-state index contributed by atoms with van der Waals surface area (Å²) in [6.07, 6.45) is 5.50. The van der Waals surface area contributed by atoms with Crippen molar-refractivity contribution < 1.29 is 14.3 Å². The van der Waals surface area contributed by atoms with E-state index >= 15 is 0 Å². The zero-order chi connectivity index (χ0) is 16.6. The lowest BCUT2D eigenvalue weighted by atomic mass is 10.0. The summed E-state index contributed by atoms with van der Waals surface area (Å²) in [5, 5.41) is 6.43. The lowest BCUT2D eigenvalue weighted by Gasteiger charge is -2.22. The third-order valence-corrected chi connectivity index (χ3v) is 4.24. The van der Waals surface area contributed by atoms with Crippen molar-refractivity contribution in [3.8, 4) is 0 Å². The van der Waals surface area contributed by atoms with E-state index in [9.17, 15) is 4.79 Å². The van der Waals surface area contributed by atoms with Crippen molar-refractivity contribution in [2.24, 2.45) is 5.41 Å². The van der Waals surface area contributed by atoms with Crippen molar-refractivity contribution >= 4 is 6.09 Å². The number of carbonyl (C=O) groups is 1. The highest BCUT2D eigenvalue weighted by atomic mass is 16.6. The van der Waals surface area contributed by atoms with Crippen LogP contribution in [-0.4, -0.2) is 44.5 Å². The van der Waals surface area contributed by atoms with Gasteiger partial charge >= 0.3 is 6.09 Å². The topological polar surface area (TPSA) is 59.6 Å². The molecule has 2 N–H and O–H groups in total. The van der Waals surface area contributed by atoms with Crippen LogP contribution in [-0.2, 0) is 9.47 Å². The zero-order valence-corrected chi connectivity index (χ0v) is 15.0. The fraction of sp³-hybridized carbons (Fsp3) is 0.941. The number of nitrogens with one attached hydrogen (secondary N) is 2. The number of ether oxygens (including phenoxy) is 2. The van der Waals surface area contributed by atoms with E-state index in [2.05, 4.69) is 17.6 Å². The molecule has 0 aliphatic heterocycles. The SMILES string of the molecule is CCC1(CNC(CCCNC(=O)OC(C)(C)C)COC)CC1. The van der Waals surface area contributed by atoms with E-state index in [1.807, 2.05) is 20.8 Å². The molecular formula is C17H34N2O3. The summed E-state index contributed by atoms with van der Waals surface area (Å²) in [5.41, 5.74) is 0.101. The standard InChI is InChI=1S/C17H34N2O3/c1-6-17(9-10-17)13-19-14(12-21-5)8-7-11-18-15(20)22-16(2,3)4/h14,19H,6-13H2,1-5H3,(H,18,20). The maximum atomic E-state index is 11.6.